The number of nitrogens with one attached hydrogen (secondary N) is 1. The van der Waals surface area contributed by atoms with Gasteiger partial charge < -0.3 is 16.0 Å². The predicted molar refractivity (Wildman–Crippen MR) is 97.2 cm³/mol. The SMILES string of the molecule is N#Cc1ccc(NCCCCC(N)C(=O)N2CCSC2)c([N+](=O)[O-])c1. The molecule has 1 heterocycles. The smallest absolute Gasteiger partial charge is 0.293 e. The number of nitro groups is 1. The number of nitrogens with two attached hydrogens (primary N) is 1. The lowest BCUT2D eigenvalue weighted by molar-refractivity contribution is -0.384. The van der Waals surface area contributed by atoms with E-state index in [2.05, 4.69) is 5.32 Å². The molecule has 1 fully saturated rings. The minimum Gasteiger partial charge on any atom is -0.379 e. The molecule has 0 spiro atoms. The Kier molecular flexibility index (Phi) is 7.03. The molecular weight excluding hydrogens is 342 g/mol. The quantitative estimate of drug-likeness (QED) is 0.410. The number of hydrogen-bond donors (Lipinski definition) is 2. The molecule has 134 valence electrons. The van der Waals surface area contributed by atoms with E-state index in [0.717, 1.165) is 31.0 Å². The Morgan fingerprint density at radius 3 is 2.96 bits per heavy atom. The second-order valence-corrected chi connectivity index (χ2v) is 6.84. The molecule has 1 aliphatic heterocycles. The fourth-order valence-electron chi connectivity index (χ4n) is 2.56. The Labute approximate surface area is 150 Å². The highest BCUT2D eigenvalue weighted by Crippen LogP contribution is 2.25. The maximum atomic E-state index is 12.1. The van der Waals surface area contributed by atoms with E-state index in [0.29, 0.717) is 18.7 Å². The van der Waals surface area contributed by atoms with Gasteiger partial charge in [0.05, 0.1) is 28.5 Å². The molecule has 1 aliphatic rings. The summed E-state index contributed by atoms with van der Waals surface area (Å²) in [7, 11) is 0. The van der Waals surface area contributed by atoms with Gasteiger partial charge in [-0.3, -0.25) is 14.9 Å². The normalized spacial score (nSPS) is 14.8. The van der Waals surface area contributed by atoms with Gasteiger partial charge in [0.15, 0.2) is 0 Å². The first-order chi connectivity index (χ1) is 12.0. The molecule has 0 saturated carbocycles. The summed E-state index contributed by atoms with van der Waals surface area (Å²) in [6.45, 7) is 1.30. The van der Waals surface area contributed by atoms with Crippen LogP contribution >= 0.6 is 11.8 Å². The van der Waals surface area contributed by atoms with Gasteiger partial charge in [0.2, 0.25) is 5.91 Å². The van der Waals surface area contributed by atoms with Crippen LogP contribution in [0.3, 0.4) is 0 Å². The summed E-state index contributed by atoms with van der Waals surface area (Å²) < 4.78 is 0. The highest BCUT2D eigenvalue weighted by atomic mass is 32.2. The fourth-order valence-corrected chi connectivity index (χ4v) is 3.52. The van der Waals surface area contributed by atoms with Crippen molar-refractivity contribution in [3.05, 3.63) is 33.9 Å². The Morgan fingerprint density at radius 2 is 2.32 bits per heavy atom. The number of thioether (sulfide) groups is 1. The molecule has 0 radical (unpaired) electrons. The van der Waals surface area contributed by atoms with E-state index in [1.807, 2.05) is 6.07 Å². The van der Waals surface area contributed by atoms with Gasteiger partial charge in [0.1, 0.15) is 5.69 Å². The van der Waals surface area contributed by atoms with Crippen LogP contribution in [0.5, 0.6) is 0 Å². The zero-order valence-corrected chi connectivity index (χ0v) is 14.6. The summed E-state index contributed by atoms with van der Waals surface area (Å²) >= 11 is 1.73. The summed E-state index contributed by atoms with van der Waals surface area (Å²) in [5, 5.41) is 22.9. The first-order valence-electron chi connectivity index (χ1n) is 8.07. The predicted octanol–water partition coefficient (Wildman–Crippen LogP) is 1.91. The third-order valence-corrected chi connectivity index (χ3v) is 4.93. The number of rotatable bonds is 8. The van der Waals surface area contributed by atoms with Gasteiger partial charge in [-0.05, 0) is 31.4 Å². The number of amides is 1. The molecule has 9 heteroatoms. The number of nitro benzene ring substituents is 1. The molecule has 1 saturated heterocycles. The average Bonchev–Trinajstić information content (AvgIpc) is 3.15. The van der Waals surface area contributed by atoms with E-state index in [-0.39, 0.29) is 17.2 Å². The summed E-state index contributed by atoms with van der Waals surface area (Å²) in [6.07, 6.45) is 2.09. The van der Waals surface area contributed by atoms with Crippen molar-refractivity contribution in [3.63, 3.8) is 0 Å². The monoisotopic (exact) mass is 363 g/mol. The van der Waals surface area contributed by atoms with E-state index in [1.165, 1.54) is 18.2 Å². The molecule has 0 aromatic heterocycles. The third kappa shape index (κ3) is 5.34. The zero-order chi connectivity index (χ0) is 18.2. The number of nitrogens with zero attached hydrogens (tertiary/aromatic N) is 3. The summed E-state index contributed by atoms with van der Waals surface area (Å²) in [5.74, 6) is 1.68. The molecule has 0 bridgehead atoms. The summed E-state index contributed by atoms with van der Waals surface area (Å²) in [5.41, 5.74) is 6.47. The van der Waals surface area contributed by atoms with Crippen LogP contribution in [0.4, 0.5) is 11.4 Å². The lowest BCUT2D eigenvalue weighted by Gasteiger charge is -2.19. The van der Waals surface area contributed by atoms with Crippen molar-refractivity contribution in [2.24, 2.45) is 5.73 Å². The number of anilines is 1. The maximum absolute atomic E-state index is 12.1. The van der Waals surface area contributed by atoms with Crippen molar-refractivity contribution in [2.75, 3.05) is 30.0 Å². The molecule has 1 atom stereocenters. The second kappa shape index (κ2) is 9.25. The van der Waals surface area contributed by atoms with Crippen molar-refractivity contribution in [2.45, 2.75) is 25.3 Å². The van der Waals surface area contributed by atoms with E-state index in [1.54, 1.807) is 16.7 Å². The van der Waals surface area contributed by atoms with E-state index >= 15 is 0 Å². The number of carbonyl (C=O) groups excluding carboxylic acids is 1. The standard InChI is InChI=1S/C16H21N5O3S/c17-10-12-4-5-14(15(9-12)21(23)24)19-6-2-1-3-13(18)16(22)20-7-8-25-11-20/h4-5,9,13,19H,1-3,6-8,11,18H2. The van der Waals surface area contributed by atoms with Crippen LogP contribution in [0.1, 0.15) is 24.8 Å². The summed E-state index contributed by atoms with van der Waals surface area (Å²) in [4.78, 5) is 24.4. The Balaban J connectivity index is 1.75. The van der Waals surface area contributed by atoms with Crippen LogP contribution in [-0.2, 0) is 4.79 Å². The van der Waals surface area contributed by atoms with Crippen LogP contribution in [0.25, 0.3) is 0 Å². The van der Waals surface area contributed by atoms with Crippen molar-refractivity contribution in [1.82, 2.24) is 4.90 Å². The van der Waals surface area contributed by atoms with E-state index < -0.39 is 11.0 Å². The van der Waals surface area contributed by atoms with Crippen LogP contribution < -0.4 is 11.1 Å². The van der Waals surface area contributed by atoms with Crippen molar-refractivity contribution >= 4 is 29.0 Å². The number of unbranched alkanes of at least 4 members (excludes halogenated alkanes) is 1. The molecule has 25 heavy (non-hydrogen) atoms. The van der Waals surface area contributed by atoms with Gasteiger partial charge in [-0.15, -0.1) is 11.8 Å². The highest BCUT2D eigenvalue weighted by Gasteiger charge is 2.23. The van der Waals surface area contributed by atoms with Gasteiger partial charge in [-0.1, -0.05) is 0 Å². The largest absolute Gasteiger partial charge is 0.379 e. The Hall–Kier alpha value is -2.31. The molecule has 8 nitrogen and oxygen atoms in total. The van der Waals surface area contributed by atoms with Crippen LogP contribution in [0, 0.1) is 21.4 Å². The number of benzene rings is 1. The van der Waals surface area contributed by atoms with Gasteiger partial charge in [-0.25, -0.2) is 0 Å². The van der Waals surface area contributed by atoms with Crippen molar-refractivity contribution < 1.29 is 9.72 Å². The Bertz CT molecular complexity index is 670. The summed E-state index contributed by atoms with van der Waals surface area (Å²) in [6, 6.07) is 5.74. The van der Waals surface area contributed by atoms with Gasteiger partial charge in [0, 0.05) is 24.9 Å². The van der Waals surface area contributed by atoms with Gasteiger partial charge >= 0.3 is 0 Å². The molecule has 2 rings (SSSR count). The third-order valence-electron chi connectivity index (χ3n) is 3.96. The molecular formula is C16H21N5O3S. The first kappa shape index (κ1) is 19.0. The lowest BCUT2D eigenvalue weighted by Crippen LogP contribution is -2.42. The average molecular weight is 363 g/mol. The maximum Gasteiger partial charge on any atom is 0.293 e. The lowest BCUT2D eigenvalue weighted by atomic mass is 10.1. The van der Waals surface area contributed by atoms with Crippen molar-refractivity contribution in [1.29, 1.82) is 5.26 Å². The minimum absolute atomic E-state index is 0.000638. The van der Waals surface area contributed by atoms with Crippen molar-refractivity contribution in [3.8, 4) is 6.07 Å². The topological polar surface area (TPSA) is 125 Å². The second-order valence-electron chi connectivity index (χ2n) is 5.77. The van der Waals surface area contributed by atoms with Gasteiger partial charge in [-0.2, -0.15) is 5.26 Å². The Morgan fingerprint density at radius 1 is 1.52 bits per heavy atom. The minimum atomic E-state index is -0.508. The molecule has 1 aromatic carbocycles. The molecule has 1 aromatic rings. The van der Waals surface area contributed by atoms with Crippen LogP contribution in [0.2, 0.25) is 0 Å². The van der Waals surface area contributed by atoms with Crippen LogP contribution in [-0.4, -0.2) is 46.5 Å². The zero-order valence-electron chi connectivity index (χ0n) is 13.8. The van der Waals surface area contributed by atoms with E-state index in [4.69, 9.17) is 11.0 Å². The molecule has 0 aliphatic carbocycles. The van der Waals surface area contributed by atoms with E-state index in [9.17, 15) is 14.9 Å². The molecule has 3 N–H and O–H groups in total. The molecule has 1 amide bonds. The van der Waals surface area contributed by atoms with Crippen LogP contribution in [0.15, 0.2) is 18.2 Å². The number of hydrogen-bond acceptors (Lipinski definition) is 7. The molecule has 1 unspecified atom stereocenters. The van der Waals surface area contributed by atoms with Gasteiger partial charge in [0.25, 0.3) is 5.69 Å². The number of nitriles is 1. The first-order valence-corrected chi connectivity index (χ1v) is 9.23. The fraction of sp³-hybridized carbons (Fsp3) is 0.500. The highest BCUT2D eigenvalue weighted by molar-refractivity contribution is 7.99. The number of carbonyl (C=O) groups is 1.